The van der Waals surface area contributed by atoms with Gasteiger partial charge >= 0.3 is 0 Å². The normalized spacial score (nSPS) is 28.1. The standard InChI is InChI=1S/C3H8N3P3/c1-3(2)9-5-7-4-8-6-9/h3,9H,1-2H3. The Morgan fingerprint density at radius 3 is 2.44 bits per heavy atom. The second-order valence-electron chi connectivity index (χ2n) is 1.98. The summed E-state index contributed by atoms with van der Waals surface area (Å²) in [4.78, 5) is 0. The largest absolute Gasteiger partial charge is 0.207 e. The molecule has 0 saturated heterocycles. The molecule has 0 aromatic heterocycles. The monoisotopic (exact) mass is 179 g/mol. The molecule has 9 heavy (non-hydrogen) atoms. The summed E-state index contributed by atoms with van der Waals surface area (Å²) in [6, 6.07) is 0. The fourth-order valence-electron chi connectivity index (χ4n) is 0.400. The first-order chi connectivity index (χ1) is 4.30. The molecule has 0 N–H and O–H groups in total. The molecule has 1 rings (SSSR count). The lowest BCUT2D eigenvalue weighted by molar-refractivity contribution is 1.09. The van der Waals surface area contributed by atoms with Crippen LogP contribution in [0.4, 0.5) is 0 Å². The summed E-state index contributed by atoms with van der Waals surface area (Å²) in [6.07, 6.45) is 0. The minimum atomic E-state index is -0.734. The highest BCUT2D eigenvalue weighted by Crippen LogP contribution is 2.44. The van der Waals surface area contributed by atoms with Crippen LogP contribution in [0.1, 0.15) is 13.8 Å². The third-order valence-corrected chi connectivity index (χ3v) is 4.92. The van der Waals surface area contributed by atoms with Crippen LogP contribution >= 0.6 is 24.9 Å². The Kier molecular flexibility index (Phi) is 2.98. The zero-order valence-corrected chi connectivity index (χ0v) is 8.10. The first-order valence-corrected chi connectivity index (χ1v) is 5.76. The van der Waals surface area contributed by atoms with Crippen molar-refractivity contribution < 1.29 is 0 Å². The van der Waals surface area contributed by atoms with Crippen molar-refractivity contribution in [3.63, 3.8) is 0 Å². The molecule has 0 amide bonds. The van der Waals surface area contributed by atoms with E-state index in [1.165, 1.54) is 0 Å². The zero-order valence-electron chi connectivity index (χ0n) is 5.31. The van der Waals surface area contributed by atoms with E-state index in [1.54, 1.807) is 0 Å². The van der Waals surface area contributed by atoms with Crippen LogP contribution in [0.5, 0.6) is 0 Å². The molecule has 0 saturated carbocycles. The van der Waals surface area contributed by atoms with Crippen LogP contribution in [0.2, 0.25) is 0 Å². The first kappa shape index (κ1) is 7.54. The van der Waals surface area contributed by atoms with Gasteiger partial charge in [0.2, 0.25) is 0 Å². The maximum absolute atomic E-state index is 4.26. The maximum atomic E-state index is 4.26. The minimum Gasteiger partial charge on any atom is -0.207 e. The van der Waals surface area contributed by atoms with Crippen molar-refractivity contribution in [2.24, 2.45) is 13.5 Å². The van der Waals surface area contributed by atoms with Gasteiger partial charge in [0, 0.05) is 5.66 Å². The van der Waals surface area contributed by atoms with Crippen LogP contribution in [-0.2, 0) is 0 Å². The van der Waals surface area contributed by atoms with Crippen molar-refractivity contribution in [2.45, 2.75) is 19.5 Å². The first-order valence-electron chi connectivity index (χ1n) is 2.69. The Labute approximate surface area is 58.7 Å². The molecule has 0 spiro atoms. The predicted molar refractivity (Wildman–Crippen MR) is 44.6 cm³/mol. The molecule has 0 bridgehead atoms. The molecular weight excluding hydrogens is 171 g/mol. The molecule has 1 aliphatic heterocycles. The maximum Gasteiger partial charge on any atom is 0.160 e. The molecule has 3 nitrogen and oxygen atoms in total. The molecule has 0 aliphatic carbocycles. The van der Waals surface area contributed by atoms with Gasteiger partial charge in [-0.15, -0.1) is 0 Å². The van der Waals surface area contributed by atoms with Gasteiger partial charge in [-0.3, -0.25) is 0 Å². The molecule has 1 atom stereocenters. The Morgan fingerprint density at radius 1 is 1.33 bits per heavy atom. The van der Waals surface area contributed by atoms with Crippen LogP contribution in [0, 0.1) is 0 Å². The third-order valence-electron chi connectivity index (χ3n) is 0.891. The molecule has 0 fully saturated rings. The van der Waals surface area contributed by atoms with Gasteiger partial charge in [0.1, 0.15) is 0 Å². The zero-order chi connectivity index (χ0) is 6.69. The van der Waals surface area contributed by atoms with Gasteiger partial charge in [-0.05, 0) is 0 Å². The Morgan fingerprint density at radius 2 is 2.11 bits per heavy atom. The van der Waals surface area contributed by atoms with Gasteiger partial charge < -0.3 is 0 Å². The molecule has 0 radical (unpaired) electrons. The molecule has 0 aromatic rings. The van der Waals surface area contributed by atoms with E-state index in [9.17, 15) is 0 Å². The van der Waals surface area contributed by atoms with Gasteiger partial charge in [0.15, 0.2) is 17.0 Å². The summed E-state index contributed by atoms with van der Waals surface area (Å²) < 4.78 is 12.5. The highest BCUT2D eigenvalue weighted by molar-refractivity contribution is 7.59. The molecule has 50 valence electrons. The van der Waals surface area contributed by atoms with E-state index in [2.05, 4.69) is 27.4 Å². The highest BCUT2D eigenvalue weighted by Gasteiger charge is 2.00. The Hall–Kier alpha value is 0.430. The molecule has 1 unspecified atom stereocenters. The van der Waals surface area contributed by atoms with Gasteiger partial charge in [-0.25, -0.2) is 9.03 Å². The van der Waals surface area contributed by atoms with Gasteiger partial charge in [0.25, 0.3) is 0 Å². The fraction of sp³-hybridized carbons (Fsp3) is 1.00. The van der Waals surface area contributed by atoms with Crippen LogP contribution in [0.25, 0.3) is 0 Å². The summed E-state index contributed by atoms with van der Waals surface area (Å²) in [5.41, 5.74) is 0.630. The van der Waals surface area contributed by atoms with Crippen molar-refractivity contribution in [1.82, 2.24) is 0 Å². The number of rotatable bonds is 1. The van der Waals surface area contributed by atoms with Crippen LogP contribution in [0.15, 0.2) is 13.5 Å². The quantitative estimate of drug-likeness (QED) is 0.548. The van der Waals surface area contributed by atoms with E-state index in [-0.39, 0.29) is 0 Å². The lowest BCUT2D eigenvalue weighted by Gasteiger charge is -2.03. The van der Waals surface area contributed by atoms with Crippen LogP contribution in [0.3, 0.4) is 0 Å². The van der Waals surface area contributed by atoms with E-state index in [1.807, 2.05) is 0 Å². The molecular formula is C3H8N3P3. The van der Waals surface area contributed by atoms with Gasteiger partial charge in [0.05, 0.1) is 7.86 Å². The molecule has 1 heterocycles. The van der Waals surface area contributed by atoms with Crippen LogP contribution < -0.4 is 0 Å². The second-order valence-corrected chi connectivity index (χ2v) is 6.53. The lowest BCUT2D eigenvalue weighted by Crippen LogP contribution is -1.80. The molecule has 1 aliphatic rings. The summed E-state index contributed by atoms with van der Waals surface area (Å²) in [5, 5.41) is 0. The van der Waals surface area contributed by atoms with Crippen molar-refractivity contribution in [2.75, 3.05) is 0 Å². The van der Waals surface area contributed by atoms with E-state index in [0.29, 0.717) is 5.66 Å². The van der Waals surface area contributed by atoms with Crippen molar-refractivity contribution >= 4 is 24.9 Å². The average molecular weight is 179 g/mol. The van der Waals surface area contributed by atoms with Gasteiger partial charge in [-0.1, -0.05) is 13.8 Å². The average Bonchev–Trinajstić information content (AvgIpc) is 1.90. The summed E-state index contributed by atoms with van der Waals surface area (Å²) in [7, 11) is 1.05. The van der Waals surface area contributed by atoms with Gasteiger partial charge in [-0.2, -0.15) is 4.52 Å². The predicted octanol–water partition coefficient (Wildman–Crippen LogP) is 3.81. The third kappa shape index (κ3) is 2.26. The Bertz CT molecular complexity index is 183. The number of nitrogens with zero attached hydrogens (tertiary/aromatic N) is 3. The fourth-order valence-corrected chi connectivity index (χ4v) is 4.68. The number of hydrogen-bond acceptors (Lipinski definition) is 3. The van der Waals surface area contributed by atoms with Crippen molar-refractivity contribution in [1.29, 1.82) is 0 Å². The van der Waals surface area contributed by atoms with E-state index in [4.69, 9.17) is 0 Å². The van der Waals surface area contributed by atoms with Crippen LogP contribution in [-0.4, -0.2) is 5.66 Å². The molecule has 0 aromatic carbocycles. The highest BCUT2D eigenvalue weighted by atomic mass is 31.2. The van der Waals surface area contributed by atoms with E-state index >= 15 is 0 Å². The second kappa shape index (κ2) is 3.56. The van der Waals surface area contributed by atoms with E-state index < -0.39 is 7.86 Å². The summed E-state index contributed by atoms with van der Waals surface area (Å²) in [5.74, 6) is 0. The van der Waals surface area contributed by atoms with Crippen molar-refractivity contribution in [3.8, 4) is 0 Å². The Balaban J connectivity index is 2.72. The minimum absolute atomic E-state index is 0.630. The summed E-state index contributed by atoms with van der Waals surface area (Å²) >= 11 is 0. The molecule has 6 heteroatoms. The topological polar surface area (TPSA) is 37.1 Å². The van der Waals surface area contributed by atoms with Crippen molar-refractivity contribution in [3.05, 3.63) is 0 Å². The van der Waals surface area contributed by atoms with E-state index in [0.717, 1.165) is 17.0 Å². The SMILES string of the molecule is CC(C)[PH]1=NP=NP=N1. The lowest BCUT2D eigenvalue weighted by atomic mass is 10.6. The smallest absolute Gasteiger partial charge is 0.160 e. The summed E-state index contributed by atoms with van der Waals surface area (Å²) in [6.45, 7) is 4.33. The number of hydrogen-bond donors (Lipinski definition) is 0.